The van der Waals surface area contributed by atoms with E-state index in [1.165, 1.54) is 0 Å². The number of amides is 2. The summed E-state index contributed by atoms with van der Waals surface area (Å²) in [6.45, 7) is 9.77. The van der Waals surface area contributed by atoms with E-state index in [1.54, 1.807) is 0 Å². The van der Waals surface area contributed by atoms with Crippen LogP contribution in [0.15, 0.2) is 0 Å². The van der Waals surface area contributed by atoms with Crippen molar-refractivity contribution >= 4 is 11.8 Å². The second-order valence-corrected chi connectivity index (χ2v) is 7.92. The smallest absolute Gasteiger partial charge is 0.236 e. The molecule has 0 aromatic rings. The molecule has 6 heteroatoms. The van der Waals surface area contributed by atoms with Gasteiger partial charge in [-0.3, -0.25) is 14.5 Å². The van der Waals surface area contributed by atoms with E-state index < -0.39 is 0 Å². The first-order valence-corrected chi connectivity index (χ1v) is 10.2. The summed E-state index contributed by atoms with van der Waals surface area (Å²) in [6, 6.07) is 0.464. The van der Waals surface area contributed by atoms with Gasteiger partial charge in [-0.05, 0) is 44.6 Å². The van der Waals surface area contributed by atoms with Crippen LogP contribution in [0.4, 0.5) is 0 Å². The Balaban J connectivity index is 1.30. The lowest BCUT2D eigenvalue weighted by molar-refractivity contribution is -0.134. The number of likely N-dealkylation sites (tertiary alicyclic amines) is 1. The first-order valence-electron chi connectivity index (χ1n) is 10.2. The fourth-order valence-electron chi connectivity index (χ4n) is 3.89. The molecule has 0 aromatic carbocycles. The minimum atomic E-state index is 0.215. The summed E-state index contributed by atoms with van der Waals surface area (Å²) in [5, 5.41) is 3.06. The van der Waals surface area contributed by atoms with Gasteiger partial charge in [-0.15, -0.1) is 0 Å². The molecule has 2 amide bonds. The molecule has 1 N–H and O–H groups in total. The number of carbonyl (C=O) groups is 2. The van der Waals surface area contributed by atoms with E-state index >= 15 is 0 Å². The SMILES string of the molecule is CCN1CCN(CC(=O)N2CCC(CCC(=O)NC3CC3)CC2)CC1. The van der Waals surface area contributed by atoms with Crippen LogP contribution in [0.5, 0.6) is 0 Å². The molecule has 2 saturated heterocycles. The maximum atomic E-state index is 12.5. The zero-order valence-electron chi connectivity index (χ0n) is 15.7. The standard InChI is InChI=1S/C19H34N4O2/c1-2-21-11-13-22(14-12-21)15-19(25)23-9-7-16(8-10-23)3-6-18(24)20-17-4-5-17/h16-17H,2-15H2,1H3,(H,20,24). The van der Waals surface area contributed by atoms with E-state index in [-0.39, 0.29) is 11.8 Å². The number of nitrogens with zero attached hydrogens (tertiary/aromatic N) is 3. The van der Waals surface area contributed by atoms with E-state index in [2.05, 4.69) is 22.0 Å². The van der Waals surface area contributed by atoms with E-state index in [0.29, 0.717) is 24.9 Å². The molecule has 2 heterocycles. The molecule has 0 aromatic heterocycles. The van der Waals surface area contributed by atoms with Gasteiger partial charge in [-0.25, -0.2) is 0 Å². The summed E-state index contributed by atoms with van der Waals surface area (Å²) in [6.07, 6.45) is 6.02. The van der Waals surface area contributed by atoms with Crippen molar-refractivity contribution in [3.8, 4) is 0 Å². The van der Waals surface area contributed by atoms with E-state index in [1.807, 2.05) is 4.90 Å². The molecule has 3 rings (SSSR count). The highest BCUT2D eigenvalue weighted by Gasteiger charge is 2.27. The lowest BCUT2D eigenvalue weighted by Crippen LogP contribution is -2.50. The van der Waals surface area contributed by atoms with Crippen LogP contribution in [-0.2, 0) is 9.59 Å². The van der Waals surface area contributed by atoms with Gasteiger partial charge in [0.25, 0.3) is 0 Å². The van der Waals surface area contributed by atoms with Crippen LogP contribution in [0.1, 0.15) is 45.4 Å². The summed E-state index contributed by atoms with van der Waals surface area (Å²) in [5.74, 6) is 1.10. The number of carbonyl (C=O) groups excluding carboxylic acids is 2. The number of piperidine rings is 1. The summed E-state index contributed by atoms with van der Waals surface area (Å²) in [5.41, 5.74) is 0. The van der Waals surface area contributed by atoms with Gasteiger partial charge in [0.05, 0.1) is 6.54 Å². The maximum absolute atomic E-state index is 12.5. The summed E-state index contributed by atoms with van der Waals surface area (Å²) in [4.78, 5) is 31.1. The van der Waals surface area contributed by atoms with Crippen LogP contribution in [0.25, 0.3) is 0 Å². The highest BCUT2D eigenvalue weighted by molar-refractivity contribution is 5.78. The highest BCUT2D eigenvalue weighted by Crippen LogP contribution is 2.23. The van der Waals surface area contributed by atoms with Crippen LogP contribution in [0.3, 0.4) is 0 Å². The topological polar surface area (TPSA) is 55.9 Å². The summed E-state index contributed by atoms with van der Waals surface area (Å²) >= 11 is 0. The minimum Gasteiger partial charge on any atom is -0.353 e. The molecule has 1 saturated carbocycles. The lowest BCUT2D eigenvalue weighted by atomic mass is 9.92. The fraction of sp³-hybridized carbons (Fsp3) is 0.895. The Labute approximate surface area is 151 Å². The predicted molar refractivity (Wildman–Crippen MR) is 98.3 cm³/mol. The first kappa shape index (κ1) is 18.6. The zero-order chi connectivity index (χ0) is 17.6. The van der Waals surface area contributed by atoms with Crippen LogP contribution in [0.2, 0.25) is 0 Å². The third-order valence-corrected chi connectivity index (χ3v) is 5.96. The minimum absolute atomic E-state index is 0.215. The zero-order valence-corrected chi connectivity index (χ0v) is 15.7. The van der Waals surface area contributed by atoms with Gasteiger partial charge < -0.3 is 15.1 Å². The second kappa shape index (κ2) is 8.99. The molecule has 25 heavy (non-hydrogen) atoms. The van der Waals surface area contributed by atoms with Gasteiger partial charge in [-0.2, -0.15) is 0 Å². The molecule has 0 bridgehead atoms. The Morgan fingerprint density at radius 1 is 0.920 bits per heavy atom. The van der Waals surface area contributed by atoms with Crippen molar-refractivity contribution < 1.29 is 9.59 Å². The molecule has 142 valence electrons. The molecule has 3 aliphatic rings. The van der Waals surface area contributed by atoms with Crippen molar-refractivity contribution in [2.24, 2.45) is 5.92 Å². The average Bonchev–Trinajstić information content (AvgIpc) is 3.45. The third-order valence-electron chi connectivity index (χ3n) is 5.96. The molecular weight excluding hydrogens is 316 g/mol. The van der Waals surface area contributed by atoms with Gasteiger partial charge in [0, 0.05) is 51.7 Å². The Morgan fingerprint density at radius 3 is 2.16 bits per heavy atom. The number of likely N-dealkylation sites (N-methyl/N-ethyl adjacent to an activating group) is 1. The van der Waals surface area contributed by atoms with E-state index in [0.717, 1.165) is 77.9 Å². The summed E-state index contributed by atoms with van der Waals surface area (Å²) in [7, 11) is 0. The predicted octanol–water partition coefficient (Wildman–Crippen LogP) is 0.921. The van der Waals surface area contributed by atoms with Crippen molar-refractivity contribution in [1.29, 1.82) is 0 Å². The van der Waals surface area contributed by atoms with Gasteiger partial charge in [0.2, 0.25) is 11.8 Å². The van der Waals surface area contributed by atoms with Crippen LogP contribution in [-0.4, -0.2) is 84.9 Å². The highest BCUT2D eigenvalue weighted by atomic mass is 16.2. The van der Waals surface area contributed by atoms with Gasteiger partial charge >= 0.3 is 0 Å². The molecule has 0 spiro atoms. The molecule has 0 radical (unpaired) electrons. The Morgan fingerprint density at radius 2 is 1.56 bits per heavy atom. The van der Waals surface area contributed by atoms with Crippen LogP contribution >= 0.6 is 0 Å². The quantitative estimate of drug-likeness (QED) is 0.742. The van der Waals surface area contributed by atoms with Crippen LogP contribution in [0, 0.1) is 5.92 Å². The van der Waals surface area contributed by atoms with Crippen molar-refractivity contribution in [2.75, 3.05) is 52.4 Å². The average molecular weight is 351 g/mol. The second-order valence-electron chi connectivity index (χ2n) is 7.92. The Hall–Kier alpha value is -1.14. The molecule has 1 aliphatic carbocycles. The number of nitrogens with one attached hydrogen (secondary N) is 1. The fourth-order valence-corrected chi connectivity index (χ4v) is 3.89. The molecule has 2 aliphatic heterocycles. The number of piperazine rings is 1. The normalized spacial score (nSPS) is 23.6. The third kappa shape index (κ3) is 5.96. The van der Waals surface area contributed by atoms with E-state index in [4.69, 9.17) is 0 Å². The first-order chi connectivity index (χ1) is 12.1. The lowest BCUT2D eigenvalue weighted by Gasteiger charge is -2.36. The molecule has 6 nitrogen and oxygen atoms in total. The number of hydrogen-bond donors (Lipinski definition) is 1. The monoisotopic (exact) mass is 350 g/mol. The van der Waals surface area contributed by atoms with E-state index in [9.17, 15) is 9.59 Å². The molecule has 3 fully saturated rings. The van der Waals surface area contributed by atoms with Crippen molar-refractivity contribution in [2.45, 2.75) is 51.5 Å². The molecule has 0 atom stereocenters. The summed E-state index contributed by atoms with van der Waals surface area (Å²) < 4.78 is 0. The van der Waals surface area contributed by atoms with Gasteiger partial charge in [0.15, 0.2) is 0 Å². The Kier molecular flexibility index (Phi) is 6.70. The van der Waals surface area contributed by atoms with Crippen molar-refractivity contribution in [1.82, 2.24) is 20.0 Å². The Bertz CT molecular complexity index is 450. The van der Waals surface area contributed by atoms with Crippen molar-refractivity contribution in [3.05, 3.63) is 0 Å². The van der Waals surface area contributed by atoms with Gasteiger partial charge in [-0.1, -0.05) is 6.92 Å². The number of rotatable bonds is 7. The van der Waals surface area contributed by atoms with Crippen LogP contribution < -0.4 is 5.32 Å². The molecular formula is C19H34N4O2. The van der Waals surface area contributed by atoms with Gasteiger partial charge in [0.1, 0.15) is 0 Å². The molecule has 0 unspecified atom stereocenters. The largest absolute Gasteiger partial charge is 0.353 e. The number of hydrogen-bond acceptors (Lipinski definition) is 4. The van der Waals surface area contributed by atoms with Crippen molar-refractivity contribution in [3.63, 3.8) is 0 Å². The maximum Gasteiger partial charge on any atom is 0.236 e.